The average Bonchev–Trinajstić information content (AvgIpc) is 2.86. The van der Waals surface area contributed by atoms with E-state index in [-0.39, 0.29) is 29.1 Å². The zero-order chi connectivity index (χ0) is 16.9. The number of carbonyl (C=O) groups excluding carboxylic acids is 1. The van der Waals surface area contributed by atoms with Crippen molar-refractivity contribution in [3.63, 3.8) is 0 Å². The molecule has 5 nitrogen and oxygen atoms in total. The molecule has 7 heteroatoms. The van der Waals surface area contributed by atoms with Gasteiger partial charge in [-0.1, -0.05) is 0 Å². The molecule has 2 N–H and O–H groups in total. The number of halogens is 2. The van der Waals surface area contributed by atoms with Crippen LogP contribution in [0.3, 0.4) is 0 Å². The molecule has 1 aliphatic heterocycles. The molecule has 3 rings (SSSR count). The Morgan fingerprint density at radius 1 is 1.48 bits per heavy atom. The molecular formula is C16H16F2N2O3. The van der Waals surface area contributed by atoms with Crippen molar-refractivity contribution in [2.75, 3.05) is 12.3 Å². The first-order valence-corrected chi connectivity index (χ1v) is 7.40. The molecule has 1 aromatic heterocycles. The summed E-state index contributed by atoms with van der Waals surface area (Å²) in [6.45, 7) is 3.62. The normalized spacial score (nSPS) is 16.6. The van der Waals surface area contributed by atoms with Crippen molar-refractivity contribution in [1.29, 1.82) is 0 Å². The molecule has 0 saturated carbocycles. The number of ether oxygens (including phenoxy) is 1. The summed E-state index contributed by atoms with van der Waals surface area (Å²) in [5.74, 6) is -3.16. The highest BCUT2D eigenvalue weighted by Gasteiger charge is 2.31. The molecule has 122 valence electrons. The molecule has 1 aromatic carbocycles. The second-order valence-corrected chi connectivity index (χ2v) is 5.61. The summed E-state index contributed by atoms with van der Waals surface area (Å²) in [5, 5.41) is -0.176. The van der Waals surface area contributed by atoms with E-state index in [0.717, 1.165) is 6.07 Å². The Morgan fingerprint density at radius 2 is 2.17 bits per heavy atom. The van der Waals surface area contributed by atoms with Gasteiger partial charge in [-0.2, -0.15) is 0 Å². The minimum absolute atomic E-state index is 0.0643. The maximum atomic E-state index is 13.8. The summed E-state index contributed by atoms with van der Waals surface area (Å²) < 4.78 is 34.2. The van der Waals surface area contributed by atoms with Crippen molar-refractivity contribution >= 4 is 22.6 Å². The number of anilines is 1. The first-order chi connectivity index (χ1) is 10.9. The molecule has 2 aromatic rings. The van der Waals surface area contributed by atoms with Crippen LogP contribution in [0.25, 0.3) is 10.9 Å². The number of aromatic nitrogens is 1. The predicted octanol–water partition coefficient (Wildman–Crippen LogP) is 2.55. The van der Waals surface area contributed by atoms with Crippen molar-refractivity contribution in [2.45, 2.75) is 32.7 Å². The van der Waals surface area contributed by atoms with Gasteiger partial charge >= 0.3 is 5.97 Å². The maximum absolute atomic E-state index is 13.8. The number of nitrogen functional groups attached to an aromatic ring is 1. The van der Waals surface area contributed by atoms with Gasteiger partial charge in [0.25, 0.3) is 0 Å². The molecule has 1 atom stereocenters. The summed E-state index contributed by atoms with van der Waals surface area (Å²) in [6, 6.07) is 0.897. The van der Waals surface area contributed by atoms with Crippen LogP contribution in [0.15, 0.2) is 10.9 Å². The number of hydrogen-bond acceptors (Lipinski definition) is 4. The third-order valence-electron chi connectivity index (χ3n) is 4.25. The van der Waals surface area contributed by atoms with Gasteiger partial charge in [0.05, 0.1) is 23.2 Å². The summed E-state index contributed by atoms with van der Waals surface area (Å²) in [5.41, 5.74) is 4.89. The molecule has 0 unspecified atom stereocenters. The van der Waals surface area contributed by atoms with Gasteiger partial charge in [-0.05, 0) is 26.7 Å². The van der Waals surface area contributed by atoms with Crippen LogP contribution in [-0.2, 0) is 11.2 Å². The molecule has 0 bridgehead atoms. The quantitative estimate of drug-likeness (QED) is 0.681. The lowest BCUT2D eigenvalue weighted by Crippen LogP contribution is -2.25. The Bertz CT molecular complexity index is 889. The van der Waals surface area contributed by atoms with Crippen molar-refractivity contribution in [3.05, 3.63) is 39.2 Å². The third-order valence-corrected chi connectivity index (χ3v) is 4.25. The smallest absolute Gasteiger partial charge is 0.343 e. The molecule has 0 radical (unpaired) electrons. The van der Waals surface area contributed by atoms with E-state index in [2.05, 4.69) is 0 Å². The lowest BCUT2D eigenvalue weighted by molar-refractivity contribution is 0.0523. The predicted molar refractivity (Wildman–Crippen MR) is 81.5 cm³/mol. The number of nitrogens with two attached hydrogens (primary N) is 1. The molecule has 0 spiro atoms. The second kappa shape index (κ2) is 5.33. The second-order valence-electron chi connectivity index (χ2n) is 5.61. The number of benzene rings is 1. The Morgan fingerprint density at radius 3 is 2.83 bits per heavy atom. The largest absolute Gasteiger partial charge is 0.462 e. The lowest BCUT2D eigenvalue weighted by atomic mass is 10.0. The van der Waals surface area contributed by atoms with Crippen LogP contribution < -0.4 is 11.2 Å². The zero-order valence-electron chi connectivity index (χ0n) is 12.8. The fourth-order valence-corrected chi connectivity index (χ4v) is 3.22. The number of fused-ring (bicyclic) bond motifs is 3. The highest BCUT2D eigenvalue weighted by atomic mass is 19.2. The van der Waals surface area contributed by atoms with Gasteiger partial charge < -0.3 is 15.0 Å². The van der Waals surface area contributed by atoms with E-state index >= 15 is 0 Å². The first-order valence-electron chi connectivity index (χ1n) is 7.40. The van der Waals surface area contributed by atoms with E-state index in [1.165, 1.54) is 0 Å². The van der Waals surface area contributed by atoms with Crippen LogP contribution in [0.4, 0.5) is 14.5 Å². The van der Waals surface area contributed by atoms with Crippen molar-refractivity contribution in [2.24, 2.45) is 0 Å². The van der Waals surface area contributed by atoms with E-state index in [9.17, 15) is 18.4 Å². The fraction of sp³-hybridized carbons (Fsp3) is 0.375. The third kappa shape index (κ3) is 2.10. The van der Waals surface area contributed by atoms with Gasteiger partial charge in [0.1, 0.15) is 5.56 Å². The van der Waals surface area contributed by atoms with Gasteiger partial charge in [-0.25, -0.2) is 13.6 Å². The lowest BCUT2D eigenvalue weighted by Gasteiger charge is -2.18. The van der Waals surface area contributed by atoms with Crippen LogP contribution in [0.1, 0.15) is 42.4 Å². The fourth-order valence-electron chi connectivity index (χ4n) is 3.22. The van der Waals surface area contributed by atoms with Crippen molar-refractivity contribution in [3.8, 4) is 0 Å². The number of carbonyl (C=O) groups is 1. The summed E-state index contributed by atoms with van der Waals surface area (Å²) in [4.78, 5) is 24.9. The Balaban J connectivity index is 2.50. The molecule has 1 aliphatic rings. The number of nitrogens with zero attached hydrogens (tertiary/aromatic N) is 1. The molecule has 23 heavy (non-hydrogen) atoms. The van der Waals surface area contributed by atoms with Crippen LogP contribution in [0.2, 0.25) is 0 Å². The number of esters is 1. The van der Waals surface area contributed by atoms with Crippen molar-refractivity contribution in [1.82, 2.24) is 4.57 Å². The van der Waals surface area contributed by atoms with Crippen LogP contribution in [-0.4, -0.2) is 17.1 Å². The molecule has 0 saturated heterocycles. The van der Waals surface area contributed by atoms with E-state index in [0.29, 0.717) is 18.5 Å². The van der Waals surface area contributed by atoms with E-state index in [4.69, 9.17) is 10.5 Å². The minimum atomic E-state index is -1.28. The number of pyridine rings is 1. The standard InChI is InChI=1S/C16H16F2N2O3/c1-3-23-16(22)12-9-5-4-7(2)20(9)10-6-8(17)13(18)14(19)11(10)15(12)21/h6-7H,3-5,19H2,1-2H3/t7-/m1/s1. The Labute approximate surface area is 130 Å². The molecule has 0 fully saturated rings. The molecule has 0 amide bonds. The first kappa shape index (κ1) is 15.5. The minimum Gasteiger partial charge on any atom is -0.462 e. The van der Waals surface area contributed by atoms with Gasteiger partial charge in [-0.3, -0.25) is 4.79 Å². The van der Waals surface area contributed by atoms with E-state index in [1.807, 2.05) is 6.92 Å². The van der Waals surface area contributed by atoms with Gasteiger partial charge in [-0.15, -0.1) is 0 Å². The Hall–Kier alpha value is -2.44. The van der Waals surface area contributed by atoms with Gasteiger partial charge in [0, 0.05) is 17.8 Å². The number of hydrogen-bond donors (Lipinski definition) is 1. The summed E-state index contributed by atoms with van der Waals surface area (Å²) >= 11 is 0. The van der Waals surface area contributed by atoms with Gasteiger partial charge in [0.15, 0.2) is 11.6 Å². The highest BCUT2D eigenvalue weighted by Crippen LogP contribution is 2.34. The average molecular weight is 322 g/mol. The summed E-state index contributed by atoms with van der Waals surface area (Å²) in [7, 11) is 0. The highest BCUT2D eigenvalue weighted by molar-refractivity contribution is 5.99. The summed E-state index contributed by atoms with van der Waals surface area (Å²) in [6.07, 6.45) is 1.17. The zero-order valence-corrected chi connectivity index (χ0v) is 12.8. The monoisotopic (exact) mass is 322 g/mol. The molecule has 2 heterocycles. The van der Waals surface area contributed by atoms with Crippen LogP contribution in [0, 0.1) is 11.6 Å². The number of rotatable bonds is 2. The Kier molecular flexibility index (Phi) is 3.58. The SMILES string of the molecule is CCOC(=O)c1c2n(c3cc(F)c(F)c(N)c3c1=O)[C@H](C)CC2. The van der Waals surface area contributed by atoms with Crippen LogP contribution in [0.5, 0.6) is 0 Å². The van der Waals surface area contributed by atoms with E-state index in [1.54, 1.807) is 11.5 Å². The van der Waals surface area contributed by atoms with Crippen molar-refractivity contribution < 1.29 is 18.3 Å². The van der Waals surface area contributed by atoms with Gasteiger partial charge in [0.2, 0.25) is 5.43 Å². The van der Waals surface area contributed by atoms with Crippen LogP contribution >= 0.6 is 0 Å². The maximum Gasteiger partial charge on any atom is 0.343 e. The molecule has 0 aliphatic carbocycles. The topological polar surface area (TPSA) is 74.3 Å². The van der Waals surface area contributed by atoms with E-state index < -0.39 is 28.7 Å². The molecular weight excluding hydrogens is 306 g/mol.